The molecule has 0 bridgehead atoms. The summed E-state index contributed by atoms with van der Waals surface area (Å²) in [5.41, 5.74) is 2.41. The van der Waals surface area contributed by atoms with E-state index < -0.39 is 0 Å². The summed E-state index contributed by atoms with van der Waals surface area (Å²) in [6.45, 7) is 9.08. The Bertz CT molecular complexity index is 827. The molecule has 4 nitrogen and oxygen atoms in total. The van der Waals surface area contributed by atoms with E-state index in [1.54, 1.807) is 38.5 Å². The molecule has 28 heavy (non-hydrogen) atoms. The SMILES string of the molecule is CCCOc1ccc(C(=O)C=Cc2cc(OC)c(OC)c(C(C)(C)C)c2)cc1. The molecule has 0 aromatic heterocycles. The lowest BCUT2D eigenvalue weighted by molar-refractivity contribution is 0.104. The summed E-state index contributed by atoms with van der Waals surface area (Å²) in [5, 5.41) is 0. The van der Waals surface area contributed by atoms with Crippen molar-refractivity contribution >= 4 is 11.9 Å². The Morgan fingerprint density at radius 2 is 1.71 bits per heavy atom. The Kier molecular flexibility index (Phi) is 7.27. The van der Waals surface area contributed by atoms with Gasteiger partial charge in [0, 0.05) is 11.1 Å². The van der Waals surface area contributed by atoms with E-state index in [9.17, 15) is 4.79 Å². The van der Waals surface area contributed by atoms with E-state index in [2.05, 4.69) is 27.7 Å². The summed E-state index contributed by atoms with van der Waals surface area (Å²) >= 11 is 0. The molecule has 0 heterocycles. The van der Waals surface area contributed by atoms with Gasteiger partial charge in [-0.15, -0.1) is 0 Å². The van der Waals surface area contributed by atoms with Gasteiger partial charge in [-0.3, -0.25) is 4.79 Å². The van der Waals surface area contributed by atoms with E-state index in [4.69, 9.17) is 14.2 Å². The number of allylic oxidation sites excluding steroid dienone is 1. The number of rotatable bonds is 8. The van der Waals surface area contributed by atoms with E-state index in [1.807, 2.05) is 24.3 Å². The topological polar surface area (TPSA) is 44.8 Å². The van der Waals surface area contributed by atoms with Crippen LogP contribution in [0.4, 0.5) is 0 Å². The van der Waals surface area contributed by atoms with Gasteiger partial charge in [-0.25, -0.2) is 0 Å². The number of ketones is 1. The fourth-order valence-electron chi connectivity index (χ4n) is 2.84. The van der Waals surface area contributed by atoms with Crippen LogP contribution in [-0.4, -0.2) is 26.6 Å². The highest BCUT2D eigenvalue weighted by molar-refractivity contribution is 6.06. The molecule has 2 aromatic rings. The van der Waals surface area contributed by atoms with E-state index in [-0.39, 0.29) is 11.2 Å². The molecule has 150 valence electrons. The second-order valence-corrected chi connectivity index (χ2v) is 7.62. The molecule has 0 unspecified atom stereocenters. The van der Waals surface area contributed by atoms with Crippen LogP contribution in [-0.2, 0) is 5.41 Å². The van der Waals surface area contributed by atoms with Gasteiger partial charge in [-0.2, -0.15) is 0 Å². The predicted octanol–water partition coefficient (Wildman–Crippen LogP) is 5.69. The first kappa shape index (κ1) is 21.5. The number of benzene rings is 2. The molecule has 0 spiro atoms. The summed E-state index contributed by atoms with van der Waals surface area (Å²) in [7, 11) is 3.26. The van der Waals surface area contributed by atoms with Crippen LogP contribution < -0.4 is 14.2 Å². The highest BCUT2D eigenvalue weighted by atomic mass is 16.5. The molecule has 4 heteroatoms. The van der Waals surface area contributed by atoms with E-state index in [0.29, 0.717) is 17.9 Å². The zero-order chi connectivity index (χ0) is 20.7. The van der Waals surface area contributed by atoms with Crippen LogP contribution in [0.3, 0.4) is 0 Å². The fourth-order valence-corrected chi connectivity index (χ4v) is 2.84. The molecule has 0 amide bonds. The molecule has 0 aliphatic heterocycles. The molecular formula is C24H30O4. The number of ether oxygens (including phenoxy) is 3. The first-order valence-corrected chi connectivity index (χ1v) is 9.52. The minimum atomic E-state index is -0.124. The van der Waals surface area contributed by atoms with E-state index >= 15 is 0 Å². The highest BCUT2D eigenvalue weighted by Gasteiger charge is 2.22. The highest BCUT2D eigenvalue weighted by Crippen LogP contribution is 2.39. The van der Waals surface area contributed by atoms with Crippen LogP contribution in [0.15, 0.2) is 42.5 Å². The van der Waals surface area contributed by atoms with Crippen molar-refractivity contribution < 1.29 is 19.0 Å². The summed E-state index contributed by atoms with van der Waals surface area (Å²) in [5.74, 6) is 2.09. The Balaban J connectivity index is 2.26. The Hall–Kier alpha value is -2.75. The normalized spacial score (nSPS) is 11.5. The van der Waals surface area contributed by atoms with Gasteiger partial charge in [-0.05, 0) is 59.9 Å². The van der Waals surface area contributed by atoms with Gasteiger partial charge in [0.15, 0.2) is 17.3 Å². The molecule has 0 saturated heterocycles. The summed E-state index contributed by atoms with van der Waals surface area (Å²) in [6, 6.07) is 11.1. The lowest BCUT2D eigenvalue weighted by Gasteiger charge is -2.24. The fraction of sp³-hybridized carbons (Fsp3) is 0.375. The number of carbonyl (C=O) groups excluding carboxylic acids is 1. The van der Waals surface area contributed by atoms with Crippen molar-refractivity contribution in [2.24, 2.45) is 0 Å². The number of methoxy groups -OCH3 is 2. The van der Waals surface area contributed by atoms with E-state index in [0.717, 1.165) is 29.0 Å². The minimum absolute atomic E-state index is 0.0610. The standard InChI is InChI=1S/C24H30O4/c1-7-14-28-19-11-9-18(10-12-19)21(25)13-8-17-15-20(24(2,3)4)23(27-6)22(16-17)26-5/h8-13,15-16H,7,14H2,1-6H3. The predicted molar refractivity (Wildman–Crippen MR) is 114 cm³/mol. The third-order valence-corrected chi connectivity index (χ3v) is 4.35. The lowest BCUT2D eigenvalue weighted by atomic mass is 9.85. The van der Waals surface area contributed by atoms with Gasteiger partial charge < -0.3 is 14.2 Å². The van der Waals surface area contributed by atoms with Crippen LogP contribution in [0, 0.1) is 0 Å². The van der Waals surface area contributed by atoms with Crippen molar-refractivity contribution in [2.75, 3.05) is 20.8 Å². The molecule has 0 saturated carbocycles. The van der Waals surface area contributed by atoms with Gasteiger partial charge in [0.25, 0.3) is 0 Å². The maximum atomic E-state index is 12.5. The first-order chi connectivity index (χ1) is 13.3. The van der Waals surface area contributed by atoms with Crippen LogP contribution in [0.1, 0.15) is 55.6 Å². The van der Waals surface area contributed by atoms with E-state index in [1.165, 1.54) is 0 Å². The number of carbonyl (C=O) groups is 1. The first-order valence-electron chi connectivity index (χ1n) is 9.52. The molecule has 0 aliphatic rings. The monoisotopic (exact) mass is 382 g/mol. The summed E-state index contributed by atoms with van der Waals surface area (Å²) < 4.78 is 16.6. The van der Waals surface area contributed by atoms with Crippen LogP contribution in [0.5, 0.6) is 17.2 Å². The van der Waals surface area contributed by atoms with Crippen molar-refractivity contribution in [3.63, 3.8) is 0 Å². The molecule has 2 rings (SSSR count). The smallest absolute Gasteiger partial charge is 0.185 e. The second kappa shape index (κ2) is 9.45. The Labute approximate surface area is 168 Å². The van der Waals surface area contributed by atoms with Gasteiger partial charge >= 0.3 is 0 Å². The molecule has 0 fully saturated rings. The zero-order valence-electron chi connectivity index (χ0n) is 17.7. The summed E-state index contributed by atoms with van der Waals surface area (Å²) in [6.07, 6.45) is 4.34. The Morgan fingerprint density at radius 1 is 1.04 bits per heavy atom. The summed E-state index contributed by atoms with van der Waals surface area (Å²) in [4.78, 5) is 12.5. The maximum Gasteiger partial charge on any atom is 0.185 e. The molecule has 2 aromatic carbocycles. The third kappa shape index (κ3) is 5.38. The van der Waals surface area contributed by atoms with Gasteiger partial charge in [0.05, 0.1) is 20.8 Å². The lowest BCUT2D eigenvalue weighted by Crippen LogP contribution is -2.13. The van der Waals surface area contributed by atoms with Crippen molar-refractivity contribution in [3.8, 4) is 17.2 Å². The van der Waals surface area contributed by atoms with Crippen molar-refractivity contribution in [2.45, 2.75) is 39.5 Å². The average molecular weight is 383 g/mol. The minimum Gasteiger partial charge on any atom is -0.494 e. The quantitative estimate of drug-likeness (QED) is 0.435. The largest absolute Gasteiger partial charge is 0.494 e. The van der Waals surface area contributed by atoms with Crippen LogP contribution in [0.25, 0.3) is 6.08 Å². The van der Waals surface area contributed by atoms with Crippen molar-refractivity contribution in [1.82, 2.24) is 0 Å². The molecule has 0 N–H and O–H groups in total. The molecule has 0 aliphatic carbocycles. The van der Waals surface area contributed by atoms with Gasteiger partial charge in [-0.1, -0.05) is 33.8 Å². The zero-order valence-corrected chi connectivity index (χ0v) is 17.7. The van der Waals surface area contributed by atoms with Gasteiger partial charge in [0.1, 0.15) is 5.75 Å². The van der Waals surface area contributed by atoms with Crippen LogP contribution in [0.2, 0.25) is 0 Å². The average Bonchev–Trinajstić information content (AvgIpc) is 2.69. The molecule has 0 atom stereocenters. The molecule has 0 radical (unpaired) electrons. The van der Waals surface area contributed by atoms with Crippen LogP contribution >= 0.6 is 0 Å². The Morgan fingerprint density at radius 3 is 2.25 bits per heavy atom. The van der Waals surface area contributed by atoms with Crippen molar-refractivity contribution in [1.29, 1.82) is 0 Å². The molecular weight excluding hydrogens is 352 g/mol. The number of hydrogen-bond acceptors (Lipinski definition) is 4. The second-order valence-electron chi connectivity index (χ2n) is 7.62. The number of hydrogen-bond donors (Lipinski definition) is 0. The van der Waals surface area contributed by atoms with Gasteiger partial charge in [0.2, 0.25) is 0 Å². The third-order valence-electron chi connectivity index (χ3n) is 4.35. The maximum absolute atomic E-state index is 12.5. The van der Waals surface area contributed by atoms with Crippen molar-refractivity contribution in [3.05, 3.63) is 59.2 Å².